The van der Waals surface area contributed by atoms with Gasteiger partial charge in [0, 0.05) is 0 Å². The summed E-state index contributed by atoms with van der Waals surface area (Å²) in [6.45, 7) is 0. The van der Waals surface area contributed by atoms with Crippen molar-refractivity contribution < 1.29 is 31.1 Å². The van der Waals surface area contributed by atoms with Crippen molar-refractivity contribution in [2.75, 3.05) is 0 Å². The van der Waals surface area contributed by atoms with E-state index in [0.717, 1.165) is 0 Å². The fourth-order valence-corrected chi connectivity index (χ4v) is 0.278. The van der Waals surface area contributed by atoms with Crippen molar-refractivity contribution in [3.8, 4) is 0 Å². The van der Waals surface area contributed by atoms with E-state index in [1.807, 2.05) is 0 Å². The van der Waals surface area contributed by atoms with Crippen LogP contribution in [0.15, 0.2) is 24.7 Å². The summed E-state index contributed by atoms with van der Waals surface area (Å²) in [5.74, 6) is 0. The van der Waals surface area contributed by atoms with E-state index in [1.54, 1.807) is 0 Å². The number of alkyl halides is 6. The molecule has 0 aliphatic carbocycles. The summed E-state index contributed by atoms with van der Waals surface area (Å²) >= 11 is 0. The van der Waals surface area contributed by atoms with Crippen LogP contribution in [0.25, 0.3) is 0 Å². The van der Waals surface area contributed by atoms with Gasteiger partial charge in [-0.3, -0.25) is 0 Å². The monoisotopic (exact) mass is 206 g/mol. The first kappa shape index (κ1) is 11.9. The van der Waals surface area contributed by atoms with E-state index in [0.29, 0.717) is 0 Å². The average molecular weight is 206 g/mol. The first-order valence-electron chi connectivity index (χ1n) is 2.85. The molecule has 0 aromatic carbocycles. The number of ether oxygens (including phenoxy) is 1. The normalized spacial score (nSPS) is 14.3. The molecule has 0 aromatic rings. The van der Waals surface area contributed by atoms with Gasteiger partial charge < -0.3 is 4.74 Å². The molecule has 0 aliphatic rings. The Morgan fingerprint density at radius 1 is 0.692 bits per heavy atom. The molecule has 0 saturated heterocycles. The van der Waals surface area contributed by atoms with Crippen LogP contribution >= 0.6 is 0 Å². The van der Waals surface area contributed by atoms with Crippen molar-refractivity contribution in [3.05, 3.63) is 24.7 Å². The highest BCUT2D eigenvalue weighted by Crippen LogP contribution is 2.17. The van der Waals surface area contributed by atoms with E-state index in [4.69, 9.17) is 0 Å². The standard InChI is InChI=1S/C6H4F6O/c7-5(8,9)1-3-13-4-2-6(10,11)12/h1-4H/b3-1+,4-2+. The lowest BCUT2D eigenvalue weighted by Gasteiger charge is -1.98. The smallest absolute Gasteiger partial charge is 0.412 e. The number of hydrogen-bond acceptors (Lipinski definition) is 1. The van der Waals surface area contributed by atoms with Gasteiger partial charge in [0.1, 0.15) is 0 Å². The summed E-state index contributed by atoms with van der Waals surface area (Å²) in [5.41, 5.74) is 0. The highest BCUT2D eigenvalue weighted by Gasteiger charge is 2.23. The second-order valence-electron chi connectivity index (χ2n) is 1.82. The third-order valence-corrected chi connectivity index (χ3v) is 0.671. The minimum atomic E-state index is -4.59. The summed E-state index contributed by atoms with van der Waals surface area (Å²) in [6, 6.07) is 0. The van der Waals surface area contributed by atoms with Crippen molar-refractivity contribution in [1.29, 1.82) is 0 Å². The zero-order valence-corrected chi connectivity index (χ0v) is 5.99. The lowest BCUT2D eigenvalue weighted by molar-refractivity contribution is -0.0818. The maximum Gasteiger partial charge on any atom is 0.412 e. The highest BCUT2D eigenvalue weighted by molar-refractivity contribution is 4.87. The Bertz CT molecular complexity index is 176. The molecule has 0 heterocycles. The second kappa shape index (κ2) is 4.20. The minimum absolute atomic E-state index is 0.113. The summed E-state index contributed by atoms with van der Waals surface area (Å²) < 4.78 is 71.6. The van der Waals surface area contributed by atoms with E-state index in [9.17, 15) is 26.3 Å². The van der Waals surface area contributed by atoms with Gasteiger partial charge >= 0.3 is 12.4 Å². The molecule has 7 heteroatoms. The van der Waals surface area contributed by atoms with Crippen LogP contribution in [0.5, 0.6) is 0 Å². The Labute approximate surface area is 69.3 Å². The third-order valence-electron chi connectivity index (χ3n) is 0.671. The summed E-state index contributed by atoms with van der Waals surface area (Å²) in [5, 5.41) is 0. The number of allylic oxidation sites excluding steroid dienone is 2. The molecule has 0 bridgehead atoms. The Hall–Kier alpha value is -1.14. The van der Waals surface area contributed by atoms with Gasteiger partial charge in [0.2, 0.25) is 0 Å². The molecule has 0 amide bonds. The average Bonchev–Trinajstić information content (AvgIpc) is 1.81. The quantitative estimate of drug-likeness (QED) is 0.498. The van der Waals surface area contributed by atoms with Crippen LogP contribution < -0.4 is 0 Å². The highest BCUT2D eigenvalue weighted by atomic mass is 19.4. The molecule has 0 saturated carbocycles. The lowest BCUT2D eigenvalue weighted by atomic mass is 10.6. The van der Waals surface area contributed by atoms with Crippen molar-refractivity contribution >= 4 is 0 Å². The predicted octanol–water partition coefficient (Wildman–Crippen LogP) is 3.16. The van der Waals surface area contributed by atoms with Crippen LogP contribution in [0, 0.1) is 0 Å². The van der Waals surface area contributed by atoms with Gasteiger partial charge in [-0.25, -0.2) is 0 Å². The molecular weight excluding hydrogens is 202 g/mol. The van der Waals surface area contributed by atoms with Crippen molar-refractivity contribution in [2.24, 2.45) is 0 Å². The maximum atomic E-state index is 11.3. The molecule has 0 atom stereocenters. The van der Waals surface area contributed by atoms with Crippen molar-refractivity contribution in [1.82, 2.24) is 0 Å². The number of rotatable bonds is 2. The molecule has 0 N–H and O–H groups in total. The van der Waals surface area contributed by atoms with E-state index in [-0.39, 0.29) is 24.7 Å². The van der Waals surface area contributed by atoms with E-state index < -0.39 is 12.4 Å². The molecular formula is C6H4F6O. The van der Waals surface area contributed by atoms with Crippen LogP contribution in [0.4, 0.5) is 26.3 Å². The predicted molar refractivity (Wildman–Crippen MR) is 31.5 cm³/mol. The van der Waals surface area contributed by atoms with Crippen LogP contribution in [0.2, 0.25) is 0 Å². The Morgan fingerprint density at radius 3 is 1.23 bits per heavy atom. The van der Waals surface area contributed by atoms with Gasteiger partial charge in [0.15, 0.2) is 0 Å². The van der Waals surface area contributed by atoms with Crippen LogP contribution in [-0.2, 0) is 4.74 Å². The molecule has 1 nitrogen and oxygen atoms in total. The van der Waals surface area contributed by atoms with Crippen LogP contribution in [0.1, 0.15) is 0 Å². The zero-order valence-electron chi connectivity index (χ0n) is 5.99. The van der Waals surface area contributed by atoms with Gasteiger partial charge in [0.25, 0.3) is 0 Å². The molecule has 0 rings (SSSR count). The Morgan fingerprint density at radius 2 is 1.00 bits per heavy atom. The first-order valence-corrected chi connectivity index (χ1v) is 2.85. The van der Waals surface area contributed by atoms with Gasteiger partial charge in [-0.15, -0.1) is 0 Å². The van der Waals surface area contributed by atoms with E-state index in [2.05, 4.69) is 4.74 Å². The molecule has 0 fully saturated rings. The minimum Gasteiger partial charge on any atom is -0.473 e. The van der Waals surface area contributed by atoms with Gasteiger partial charge in [0.05, 0.1) is 24.7 Å². The number of hydrogen-bond donors (Lipinski definition) is 0. The lowest BCUT2D eigenvalue weighted by Crippen LogP contribution is -2.01. The Balaban J connectivity index is 3.81. The summed E-state index contributed by atoms with van der Waals surface area (Å²) in [7, 11) is 0. The van der Waals surface area contributed by atoms with Gasteiger partial charge in [-0.05, 0) is 0 Å². The Kier molecular flexibility index (Phi) is 3.83. The van der Waals surface area contributed by atoms with Crippen molar-refractivity contribution in [3.63, 3.8) is 0 Å². The molecule has 0 radical (unpaired) electrons. The fourth-order valence-electron chi connectivity index (χ4n) is 0.278. The van der Waals surface area contributed by atoms with E-state index in [1.165, 1.54) is 0 Å². The molecule has 0 unspecified atom stereocenters. The summed E-state index contributed by atoms with van der Waals surface area (Å²) in [4.78, 5) is 0. The SMILES string of the molecule is FC(F)(F)/C=C/O/C=C/C(F)(F)F. The fraction of sp³-hybridized carbons (Fsp3) is 0.333. The third kappa shape index (κ3) is 10.9. The van der Waals surface area contributed by atoms with Crippen molar-refractivity contribution in [2.45, 2.75) is 12.4 Å². The van der Waals surface area contributed by atoms with Gasteiger partial charge in [-0.2, -0.15) is 26.3 Å². The van der Waals surface area contributed by atoms with E-state index >= 15 is 0 Å². The summed E-state index contributed by atoms with van der Waals surface area (Å²) in [6.07, 6.45) is -9.61. The van der Waals surface area contributed by atoms with Gasteiger partial charge in [-0.1, -0.05) is 0 Å². The first-order chi connectivity index (χ1) is 5.71. The second-order valence-corrected chi connectivity index (χ2v) is 1.82. The van der Waals surface area contributed by atoms with Crippen LogP contribution in [0.3, 0.4) is 0 Å². The maximum absolute atomic E-state index is 11.3. The molecule has 0 aromatic heterocycles. The zero-order chi connectivity index (χ0) is 10.5. The molecule has 76 valence electrons. The molecule has 0 spiro atoms. The topological polar surface area (TPSA) is 9.23 Å². The molecule has 0 aliphatic heterocycles. The molecule has 13 heavy (non-hydrogen) atoms. The largest absolute Gasteiger partial charge is 0.473 e. The number of halogens is 6. The van der Waals surface area contributed by atoms with Crippen LogP contribution in [-0.4, -0.2) is 12.4 Å².